The van der Waals surface area contributed by atoms with Crippen LogP contribution in [0.25, 0.3) is 10.2 Å². The molecular formula is C18H25N3OS. The summed E-state index contributed by atoms with van der Waals surface area (Å²) in [6.07, 6.45) is 3.46. The van der Waals surface area contributed by atoms with E-state index in [9.17, 15) is 0 Å². The lowest BCUT2D eigenvalue weighted by molar-refractivity contribution is 0.148. The van der Waals surface area contributed by atoms with Gasteiger partial charge in [-0.05, 0) is 30.9 Å². The third-order valence-electron chi connectivity index (χ3n) is 5.10. The molecule has 1 aromatic carbocycles. The molecule has 124 valence electrons. The van der Waals surface area contributed by atoms with E-state index in [1.54, 1.807) is 0 Å². The monoisotopic (exact) mass is 331 g/mol. The second-order valence-corrected chi connectivity index (χ2v) is 7.52. The van der Waals surface area contributed by atoms with Crippen molar-refractivity contribution < 1.29 is 4.74 Å². The van der Waals surface area contributed by atoms with Gasteiger partial charge < -0.3 is 9.64 Å². The van der Waals surface area contributed by atoms with Crippen molar-refractivity contribution in [3.8, 4) is 0 Å². The minimum atomic E-state index is 0.636. The predicted octanol–water partition coefficient (Wildman–Crippen LogP) is 3.16. The number of nitrogens with zero attached hydrogens (tertiary/aromatic N) is 3. The maximum atomic E-state index is 5.56. The van der Waals surface area contributed by atoms with Crippen LogP contribution in [0.15, 0.2) is 18.2 Å². The lowest BCUT2D eigenvalue weighted by Gasteiger charge is -2.26. The fraction of sp³-hybridized carbons (Fsp3) is 0.611. The Labute approximate surface area is 142 Å². The first-order chi connectivity index (χ1) is 11.3. The highest BCUT2D eigenvalue weighted by atomic mass is 32.1. The third-order valence-corrected chi connectivity index (χ3v) is 6.18. The molecule has 3 heterocycles. The van der Waals surface area contributed by atoms with E-state index in [4.69, 9.17) is 9.72 Å². The number of fused-ring (bicyclic) bond motifs is 1. The van der Waals surface area contributed by atoms with Crippen molar-refractivity contribution in [2.24, 2.45) is 0 Å². The molecule has 0 aliphatic carbocycles. The number of anilines is 1. The van der Waals surface area contributed by atoms with E-state index in [-0.39, 0.29) is 0 Å². The van der Waals surface area contributed by atoms with E-state index >= 15 is 0 Å². The van der Waals surface area contributed by atoms with E-state index in [2.05, 4.69) is 34.9 Å². The molecule has 2 aliphatic heterocycles. The fourth-order valence-electron chi connectivity index (χ4n) is 3.72. The molecule has 2 fully saturated rings. The molecule has 0 bridgehead atoms. The molecule has 23 heavy (non-hydrogen) atoms. The Balaban J connectivity index is 1.51. The van der Waals surface area contributed by atoms with Crippen molar-refractivity contribution >= 4 is 26.7 Å². The number of thiazole rings is 1. The van der Waals surface area contributed by atoms with Gasteiger partial charge in [0.2, 0.25) is 0 Å². The Hall–Kier alpha value is -1.17. The van der Waals surface area contributed by atoms with Crippen molar-refractivity contribution in [1.29, 1.82) is 0 Å². The average Bonchev–Trinajstić information content (AvgIpc) is 3.19. The Kier molecular flexibility index (Phi) is 4.51. The van der Waals surface area contributed by atoms with Gasteiger partial charge >= 0.3 is 0 Å². The number of aromatic nitrogens is 1. The summed E-state index contributed by atoms with van der Waals surface area (Å²) in [6.45, 7) is 8.58. The lowest BCUT2D eigenvalue weighted by atomic mass is 10.1. The van der Waals surface area contributed by atoms with Gasteiger partial charge in [0.05, 0.1) is 16.8 Å². The molecule has 1 atom stereocenters. The summed E-state index contributed by atoms with van der Waals surface area (Å²) in [5, 5.41) is 1.20. The summed E-state index contributed by atoms with van der Waals surface area (Å²) in [5.74, 6) is 0. The Morgan fingerprint density at radius 3 is 3.04 bits per heavy atom. The maximum Gasteiger partial charge on any atom is 0.186 e. The van der Waals surface area contributed by atoms with Gasteiger partial charge in [0.25, 0.3) is 0 Å². The van der Waals surface area contributed by atoms with Crippen LogP contribution in [0.4, 0.5) is 5.13 Å². The normalized spacial score (nSPS) is 23.5. The van der Waals surface area contributed by atoms with Crippen molar-refractivity contribution in [1.82, 2.24) is 9.88 Å². The highest BCUT2D eigenvalue weighted by molar-refractivity contribution is 7.22. The van der Waals surface area contributed by atoms with Gasteiger partial charge in [0.15, 0.2) is 5.13 Å². The quantitative estimate of drug-likeness (QED) is 0.864. The van der Waals surface area contributed by atoms with Crippen LogP contribution in [0.5, 0.6) is 0 Å². The maximum absolute atomic E-state index is 5.56. The zero-order valence-electron chi connectivity index (χ0n) is 13.8. The third kappa shape index (κ3) is 3.10. The van der Waals surface area contributed by atoms with Crippen LogP contribution in [0.1, 0.15) is 25.3 Å². The first-order valence-electron chi connectivity index (χ1n) is 8.80. The minimum absolute atomic E-state index is 0.636. The molecule has 4 nitrogen and oxygen atoms in total. The molecule has 5 heteroatoms. The molecule has 0 N–H and O–H groups in total. The molecule has 0 radical (unpaired) electrons. The predicted molar refractivity (Wildman–Crippen MR) is 96.6 cm³/mol. The summed E-state index contributed by atoms with van der Waals surface area (Å²) in [7, 11) is 0. The van der Waals surface area contributed by atoms with Crippen LogP contribution in [0, 0.1) is 0 Å². The van der Waals surface area contributed by atoms with Crippen LogP contribution in [-0.4, -0.2) is 55.3 Å². The van der Waals surface area contributed by atoms with Crippen molar-refractivity contribution in [3.63, 3.8) is 0 Å². The zero-order valence-corrected chi connectivity index (χ0v) is 14.6. The molecular weight excluding hydrogens is 306 g/mol. The van der Waals surface area contributed by atoms with E-state index in [1.807, 2.05) is 11.3 Å². The Morgan fingerprint density at radius 2 is 2.22 bits per heavy atom. The molecule has 2 aliphatic rings. The van der Waals surface area contributed by atoms with Gasteiger partial charge in [0.1, 0.15) is 0 Å². The van der Waals surface area contributed by atoms with Gasteiger partial charge in [-0.3, -0.25) is 4.90 Å². The van der Waals surface area contributed by atoms with Gasteiger partial charge in [-0.2, -0.15) is 0 Å². The zero-order chi connectivity index (χ0) is 15.6. The van der Waals surface area contributed by atoms with Crippen LogP contribution >= 0.6 is 11.3 Å². The van der Waals surface area contributed by atoms with Gasteiger partial charge in [-0.15, -0.1) is 0 Å². The smallest absolute Gasteiger partial charge is 0.186 e. The molecule has 4 rings (SSSR count). The topological polar surface area (TPSA) is 28.6 Å². The number of hydrogen-bond donors (Lipinski definition) is 0. The second kappa shape index (κ2) is 6.75. The number of ether oxygens (including phenoxy) is 1. The van der Waals surface area contributed by atoms with Crippen LogP contribution in [0.3, 0.4) is 0 Å². The minimum Gasteiger partial charge on any atom is -0.380 e. The van der Waals surface area contributed by atoms with Gasteiger partial charge in [-0.25, -0.2) is 4.98 Å². The van der Waals surface area contributed by atoms with Gasteiger partial charge in [0, 0.05) is 38.8 Å². The highest BCUT2D eigenvalue weighted by Gasteiger charge is 2.26. The average molecular weight is 331 g/mol. The molecule has 2 aromatic rings. The molecule has 1 unspecified atom stereocenters. The van der Waals surface area contributed by atoms with E-state index in [0.29, 0.717) is 6.04 Å². The summed E-state index contributed by atoms with van der Waals surface area (Å²) < 4.78 is 6.89. The van der Waals surface area contributed by atoms with Crippen molar-refractivity contribution in [2.75, 3.05) is 44.3 Å². The van der Waals surface area contributed by atoms with E-state index in [0.717, 1.165) is 39.3 Å². The van der Waals surface area contributed by atoms with Crippen molar-refractivity contribution in [3.05, 3.63) is 23.8 Å². The first kappa shape index (κ1) is 15.4. The number of aryl methyl sites for hydroxylation is 1. The van der Waals surface area contributed by atoms with Crippen molar-refractivity contribution in [2.45, 2.75) is 32.2 Å². The fourth-order valence-corrected chi connectivity index (χ4v) is 4.78. The molecule has 0 saturated carbocycles. The molecule has 0 amide bonds. The number of para-hydroxylation sites is 1. The standard InChI is InChI=1S/C18H25N3OS/c1-2-14-5-3-6-16-17(14)19-18(23-16)21-9-4-8-20(10-11-21)15-7-12-22-13-15/h3,5-6,15H,2,4,7-13H2,1H3. The summed E-state index contributed by atoms with van der Waals surface area (Å²) >= 11 is 1.85. The lowest BCUT2D eigenvalue weighted by Crippen LogP contribution is -2.38. The number of hydrogen-bond acceptors (Lipinski definition) is 5. The summed E-state index contributed by atoms with van der Waals surface area (Å²) in [4.78, 5) is 10.1. The molecule has 1 aromatic heterocycles. The number of benzene rings is 1. The van der Waals surface area contributed by atoms with Crippen LogP contribution in [0.2, 0.25) is 0 Å². The Morgan fingerprint density at radius 1 is 1.26 bits per heavy atom. The van der Waals surface area contributed by atoms with E-state index in [1.165, 1.54) is 40.3 Å². The van der Waals surface area contributed by atoms with Crippen LogP contribution in [-0.2, 0) is 11.2 Å². The SMILES string of the molecule is CCc1cccc2sc(N3CCCN(C4CCOC4)CC3)nc12. The number of rotatable bonds is 3. The largest absolute Gasteiger partial charge is 0.380 e. The summed E-state index contributed by atoms with van der Waals surface area (Å²) in [5.41, 5.74) is 2.57. The van der Waals surface area contributed by atoms with Crippen LogP contribution < -0.4 is 4.90 Å². The van der Waals surface area contributed by atoms with Gasteiger partial charge in [-0.1, -0.05) is 30.4 Å². The Bertz CT molecular complexity index is 665. The first-order valence-corrected chi connectivity index (χ1v) is 9.62. The highest BCUT2D eigenvalue weighted by Crippen LogP contribution is 2.31. The summed E-state index contributed by atoms with van der Waals surface area (Å²) in [6, 6.07) is 7.20. The molecule has 2 saturated heterocycles. The molecule has 0 spiro atoms. The second-order valence-electron chi connectivity index (χ2n) is 6.51. The van der Waals surface area contributed by atoms with E-state index < -0.39 is 0 Å².